The molecule has 2 rings (SSSR count). The predicted molar refractivity (Wildman–Crippen MR) is 86.2 cm³/mol. The lowest BCUT2D eigenvalue weighted by atomic mass is 9.87. The fraction of sp³-hybridized carbons (Fsp3) is 0.294. The summed E-state index contributed by atoms with van der Waals surface area (Å²) >= 11 is 12.0. The second kappa shape index (κ2) is 6.07. The van der Waals surface area contributed by atoms with Gasteiger partial charge in [-0.05, 0) is 40.8 Å². The third-order valence-electron chi connectivity index (χ3n) is 3.10. The molecular weight excluding hydrogens is 291 g/mol. The molecule has 0 unspecified atom stereocenters. The van der Waals surface area contributed by atoms with Crippen molar-refractivity contribution < 1.29 is 4.74 Å². The van der Waals surface area contributed by atoms with Crippen LogP contribution in [0.4, 0.5) is 0 Å². The van der Waals surface area contributed by atoms with Crippen LogP contribution in [0.2, 0.25) is 5.02 Å². The molecular formula is C17H18Cl2O. The van der Waals surface area contributed by atoms with E-state index < -0.39 is 0 Å². The zero-order valence-electron chi connectivity index (χ0n) is 11.9. The molecule has 0 atom stereocenters. The van der Waals surface area contributed by atoms with Crippen molar-refractivity contribution >= 4 is 23.2 Å². The minimum Gasteiger partial charge on any atom is -0.456 e. The number of benzene rings is 2. The van der Waals surface area contributed by atoms with Crippen molar-refractivity contribution in [3.8, 4) is 11.5 Å². The maximum atomic E-state index is 6.18. The van der Waals surface area contributed by atoms with Crippen molar-refractivity contribution in [2.75, 3.05) is 0 Å². The first-order chi connectivity index (χ1) is 9.40. The molecule has 0 heterocycles. The number of ether oxygens (including phenoxy) is 1. The summed E-state index contributed by atoms with van der Waals surface area (Å²) in [4.78, 5) is 0. The molecule has 2 aromatic rings. The SMILES string of the molecule is CC(C)(C)c1ccc(Oc2ccc(CCl)cc2Cl)cc1. The van der Waals surface area contributed by atoms with Gasteiger partial charge >= 0.3 is 0 Å². The van der Waals surface area contributed by atoms with Gasteiger partial charge in [0.2, 0.25) is 0 Å². The van der Waals surface area contributed by atoms with Crippen molar-refractivity contribution in [3.05, 3.63) is 58.6 Å². The van der Waals surface area contributed by atoms with Gasteiger partial charge in [0.25, 0.3) is 0 Å². The zero-order valence-corrected chi connectivity index (χ0v) is 13.4. The predicted octanol–water partition coefficient (Wildman–Crippen LogP) is 6.17. The summed E-state index contributed by atoms with van der Waals surface area (Å²) in [5, 5.41) is 0.572. The van der Waals surface area contributed by atoms with Crippen molar-refractivity contribution in [1.82, 2.24) is 0 Å². The Kier molecular flexibility index (Phi) is 4.62. The highest BCUT2D eigenvalue weighted by Gasteiger charge is 2.13. The molecule has 0 radical (unpaired) electrons. The molecule has 0 aromatic heterocycles. The molecule has 0 spiro atoms. The average Bonchev–Trinajstić information content (AvgIpc) is 2.40. The fourth-order valence-electron chi connectivity index (χ4n) is 1.86. The molecule has 0 saturated heterocycles. The quantitative estimate of drug-likeness (QED) is 0.616. The number of alkyl halides is 1. The molecule has 2 aromatic carbocycles. The van der Waals surface area contributed by atoms with Crippen molar-refractivity contribution in [3.63, 3.8) is 0 Å². The lowest BCUT2D eigenvalue weighted by Crippen LogP contribution is -2.10. The van der Waals surface area contributed by atoms with Crippen LogP contribution >= 0.6 is 23.2 Å². The third kappa shape index (κ3) is 3.68. The monoisotopic (exact) mass is 308 g/mol. The van der Waals surface area contributed by atoms with Gasteiger partial charge in [0.15, 0.2) is 0 Å². The third-order valence-corrected chi connectivity index (χ3v) is 3.70. The Morgan fingerprint density at radius 1 is 1.00 bits per heavy atom. The molecule has 0 aliphatic carbocycles. The van der Waals surface area contributed by atoms with E-state index >= 15 is 0 Å². The fourth-order valence-corrected chi connectivity index (χ4v) is 2.27. The van der Waals surface area contributed by atoms with Gasteiger partial charge in [0, 0.05) is 5.88 Å². The summed E-state index contributed by atoms with van der Waals surface area (Å²) in [5.74, 6) is 1.86. The smallest absolute Gasteiger partial charge is 0.146 e. The van der Waals surface area contributed by atoms with Gasteiger partial charge in [-0.2, -0.15) is 0 Å². The first-order valence-corrected chi connectivity index (χ1v) is 7.44. The van der Waals surface area contributed by atoms with E-state index in [0.717, 1.165) is 11.3 Å². The van der Waals surface area contributed by atoms with Gasteiger partial charge in [-0.15, -0.1) is 11.6 Å². The van der Waals surface area contributed by atoms with Crippen LogP contribution in [0.1, 0.15) is 31.9 Å². The summed E-state index contributed by atoms with van der Waals surface area (Å²) in [7, 11) is 0. The maximum absolute atomic E-state index is 6.18. The number of hydrogen-bond acceptors (Lipinski definition) is 1. The maximum Gasteiger partial charge on any atom is 0.146 e. The number of halogens is 2. The van der Waals surface area contributed by atoms with E-state index in [2.05, 4.69) is 32.9 Å². The van der Waals surface area contributed by atoms with Gasteiger partial charge in [-0.25, -0.2) is 0 Å². The van der Waals surface area contributed by atoms with Gasteiger partial charge in [0.05, 0.1) is 5.02 Å². The van der Waals surface area contributed by atoms with Crippen molar-refractivity contribution in [2.45, 2.75) is 32.1 Å². The Hall–Kier alpha value is -1.18. The average molecular weight is 309 g/mol. The highest BCUT2D eigenvalue weighted by atomic mass is 35.5. The Bertz CT molecular complexity index is 583. The van der Waals surface area contributed by atoms with E-state index in [-0.39, 0.29) is 5.41 Å². The van der Waals surface area contributed by atoms with E-state index in [1.807, 2.05) is 30.3 Å². The van der Waals surface area contributed by atoms with Gasteiger partial charge in [0.1, 0.15) is 11.5 Å². The minimum atomic E-state index is 0.137. The molecule has 0 saturated carbocycles. The van der Waals surface area contributed by atoms with Crippen LogP contribution in [0.3, 0.4) is 0 Å². The topological polar surface area (TPSA) is 9.23 Å². The van der Waals surface area contributed by atoms with Crippen LogP contribution < -0.4 is 4.74 Å². The van der Waals surface area contributed by atoms with Gasteiger partial charge < -0.3 is 4.74 Å². The Labute approximate surface area is 130 Å². The molecule has 0 fully saturated rings. The second-order valence-corrected chi connectivity index (χ2v) is 6.45. The molecule has 0 aliphatic heterocycles. The molecule has 3 heteroatoms. The first kappa shape index (κ1) is 15.2. The summed E-state index contributed by atoms with van der Waals surface area (Å²) < 4.78 is 5.80. The Balaban J connectivity index is 2.18. The molecule has 0 amide bonds. The van der Waals surface area contributed by atoms with Crippen LogP contribution in [0, 0.1) is 0 Å². The largest absolute Gasteiger partial charge is 0.456 e. The summed E-state index contributed by atoms with van der Waals surface area (Å²) in [6.07, 6.45) is 0. The minimum absolute atomic E-state index is 0.137. The lowest BCUT2D eigenvalue weighted by Gasteiger charge is -2.19. The van der Waals surface area contributed by atoms with Crippen molar-refractivity contribution in [2.24, 2.45) is 0 Å². The molecule has 0 aliphatic rings. The number of rotatable bonds is 3. The van der Waals surface area contributed by atoms with E-state index in [0.29, 0.717) is 16.7 Å². The van der Waals surface area contributed by atoms with E-state index in [9.17, 15) is 0 Å². The van der Waals surface area contributed by atoms with Gasteiger partial charge in [-0.1, -0.05) is 50.6 Å². The summed E-state index contributed by atoms with van der Waals surface area (Å²) in [6.45, 7) is 6.56. The Morgan fingerprint density at radius 3 is 2.15 bits per heavy atom. The molecule has 106 valence electrons. The van der Waals surface area contributed by atoms with Crippen LogP contribution in [-0.4, -0.2) is 0 Å². The second-order valence-electron chi connectivity index (χ2n) is 5.77. The van der Waals surface area contributed by atoms with E-state index in [1.54, 1.807) is 0 Å². The van der Waals surface area contributed by atoms with Crippen LogP contribution in [0.25, 0.3) is 0 Å². The lowest BCUT2D eigenvalue weighted by molar-refractivity contribution is 0.481. The molecule has 20 heavy (non-hydrogen) atoms. The van der Waals surface area contributed by atoms with Crippen LogP contribution in [0.5, 0.6) is 11.5 Å². The summed E-state index contributed by atoms with van der Waals surface area (Å²) in [6, 6.07) is 13.7. The van der Waals surface area contributed by atoms with E-state index in [1.165, 1.54) is 5.56 Å². The number of hydrogen-bond donors (Lipinski definition) is 0. The molecule has 1 nitrogen and oxygen atoms in total. The first-order valence-electron chi connectivity index (χ1n) is 6.53. The molecule has 0 N–H and O–H groups in total. The molecule has 0 bridgehead atoms. The highest BCUT2D eigenvalue weighted by Crippen LogP contribution is 2.32. The Morgan fingerprint density at radius 2 is 1.65 bits per heavy atom. The van der Waals surface area contributed by atoms with Crippen LogP contribution in [0.15, 0.2) is 42.5 Å². The van der Waals surface area contributed by atoms with Crippen molar-refractivity contribution in [1.29, 1.82) is 0 Å². The highest BCUT2D eigenvalue weighted by molar-refractivity contribution is 6.32. The van der Waals surface area contributed by atoms with Gasteiger partial charge in [-0.3, -0.25) is 0 Å². The zero-order chi connectivity index (χ0) is 14.8. The van der Waals surface area contributed by atoms with Crippen LogP contribution in [-0.2, 0) is 11.3 Å². The van der Waals surface area contributed by atoms with E-state index in [4.69, 9.17) is 27.9 Å². The normalized spacial score (nSPS) is 11.4. The standard InChI is InChI=1S/C17H18Cl2O/c1-17(2,3)13-5-7-14(8-6-13)20-16-9-4-12(11-18)10-15(16)19/h4-10H,11H2,1-3H3. The summed E-state index contributed by atoms with van der Waals surface area (Å²) in [5.41, 5.74) is 2.39.